The van der Waals surface area contributed by atoms with Crippen LogP contribution in [0.3, 0.4) is 0 Å². The molecule has 1 N–H and O–H groups in total. The first-order chi connectivity index (χ1) is 14.9. The second kappa shape index (κ2) is 8.67. The SMILES string of the molecule is O=C(CBr)Nc1nn(C(=O)OCc2ccccc2)c2ccc(N3CCCS3(=O)=O)cc12. The van der Waals surface area contributed by atoms with Crippen LogP contribution in [0, 0.1) is 0 Å². The summed E-state index contributed by atoms with van der Waals surface area (Å²) >= 11 is 3.08. The van der Waals surface area contributed by atoms with Gasteiger partial charge in [0.1, 0.15) is 6.61 Å². The van der Waals surface area contributed by atoms with Gasteiger partial charge in [0.05, 0.1) is 22.3 Å². The molecule has 1 amide bonds. The number of hydrogen-bond acceptors (Lipinski definition) is 6. The van der Waals surface area contributed by atoms with Crippen LogP contribution < -0.4 is 9.62 Å². The molecule has 11 heteroatoms. The largest absolute Gasteiger partial charge is 0.443 e. The van der Waals surface area contributed by atoms with E-state index in [-0.39, 0.29) is 29.4 Å². The topological polar surface area (TPSA) is 111 Å². The van der Waals surface area contributed by atoms with E-state index in [1.165, 1.54) is 4.31 Å². The fourth-order valence-electron chi connectivity index (χ4n) is 3.37. The number of carbonyl (C=O) groups is 2. The van der Waals surface area contributed by atoms with Crippen LogP contribution in [0.25, 0.3) is 10.9 Å². The van der Waals surface area contributed by atoms with Gasteiger partial charge in [-0.2, -0.15) is 4.68 Å². The maximum Gasteiger partial charge on any atom is 0.435 e. The first-order valence-electron chi connectivity index (χ1n) is 9.49. The number of fused-ring (bicyclic) bond motifs is 1. The Bertz CT molecular complexity index is 1240. The van der Waals surface area contributed by atoms with E-state index in [9.17, 15) is 18.0 Å². The van der Waals surface area contributed by atoms with Crippen molar-refractivity contribution in [3.63, 3.8) is 0 Å². The molecule has 1 fully saturated rings. The Balaban J connectivity index is 1.70. The molecule has 4 rings (SSSR count). The second-order valence-corrected chi connectivity index (χ2v) is 9.50. The minimum atomic E-state index is -3.38. The maximum absolute atomic E-state index is 12.7. The molecule has 0 spiro atoms. The van der Waals surface area contributed by atoms with Gasteiger partial charge in [-0.3, -0.25) is 9.10 Å². The monoisotopic (exact) mass is 506 g/mol. The summed E-state index contributed by atoms with van der Waals surface area (Å²) in [6.45, 7) is 0.443. The van der Waals surface area contributed by atoms with Gasteiger partial charge in [0.2, 0.25) is 15.9 Å². The lowest BCUT2D eigenvalue weighted by atomic mass is 10.2. The molecule has 0 aliphatic carbocycles. The highest BCUT2D eigenvalue weighted by atomic mass is 79.9. The zero-order chi connectivity index (χ0) is 22.0. The fraction of sp³-hybridized carbons (Fsp3) is 0.250. The Kier molecular flexibility index (Phi) is 5.96. The summed E-state index contributed by atoms with van der Waals surface area (Å²) in [4.78, 5) is 24.6. The Hall–Kier alpha value is -2.92. The minimum Gasteiger partial charge on any atom is -0.443 e. The van der Waals surface area contributed by atoms with Gasteiger partial charge >= 0.3 is 6.09 Å². The van der Waals surface area contributed by atoms with Crippen LogP contribution in [0.1, 0.15) is 12.0 Å². The number of nitrogens with one attached hydrogen (secondary N) is 1. The third-order valence-corrected chi connectivity index (χ3v) is 7.19. The van der Waals surface area contributed by atoms with Gasteiger partial charge in [0.25, 0.3) is 0 Å². The van der Waals surface area contributed by atoms with Gasteiger partial charge in [-0.05, 0) is 30.2 Å². The lowest BCUT2D eigenvalue weighted by Crippen LogP contribution is -2.25. The van der Waals surface area contributed by atoms with Gasteiger partial charge in [-0.15, -0.1) is 5.10 Å². The number of alkyl halides is 1. The van der Waals surface area contributed by atoms with Crippen LogP contribution in [0.2, 0.25) is 0 Å². The highest BCUT2D eigenvalue weighted by Crippen LogP contribution is 2.31. The number of hydrogen-bond donors (Lipinski definition) is 1. The number of anilines is 2. The number of sulfonamides is 1. The van der Waals surface area contributed by atoms with Crippen molar-refractivity contribution in [2.45, 2.75) is 13.0 Å². The van der Waals surface area contributed by atoms with Crippen LogP contribution in [0.4, 0.5) is 16.3 Å². The highest BCUT2D eigenvalue weighted by Gasteiger charge is 2.29. The standard InChI is InChI=1S/C20H19BrN4O5S/c21-12-18(26)22-19-16-11-15(24-9-4-10-31(24,28)29)7-8-17(16)25(23-19)20(27)30-13-14-5-2-1-3-6-14/h1-3,5-8,11H,4,9-10,12-13H2,(H,22,23,26). The summed E-state index contributed by atoms with van der Waals surface area (Å²) in [5.74, 6) is -0.124. The van der Waals surface area contributed by atoms with E-state index in [1.807, 2.05) is 30.3 Å². The Morgan fingerprint density at radius 1 is 1.16 bits per heavy atom. The van der Waals surface area contributed by atoms with Crippen molar-refractivity contribution in [1.29, 1.82) is 0 Å². The van der Waals surface area contributed by atoms with Crippen molar-refractivity contribution in [2.24, 2.45) is 0 Å². The van der Waals surface area contributed by atoms with Crippen molar-refractivity contribution in [2.75, 3.05) is 27.2 Å². The van der Waals surface area contributed by atoms with Crippen molar-refractivity contribution in [3.05, 3.63) is 54.1 Å². The molecular formula is C20H19BrN4O5S. The molecule has 0 saturated carbocycles. The maximum atomic E-state index is 12.7. The summed E-state index contributed by atoms with van der Waals surface area (Å²) in [7, 11) is -3.38. The Labute approximate surface area is 187 Å². The molecule has 2 heterocycles. The van der Waals surface area contributed by atoms with Crippen molar-refractivity contribution in [3.8, 4) is 0 Å². The van der Waals surface area contributed by atoms with E-state index in [0.29, 0.717) is 29.6 Å². The average Bonchev–Trinajstić information content (AvgIpc) is 3.31. The number of rotatable bonds is 5. The second-order valence-electron chi connectivity index (χ2n) is 6.93. The third-order valence-electron chi connectivity index (χ3n) is 4.81. The predicted molar refractivity (Wildman–Crippen MR) is 120 cm³/mol. The number of benzene rings is 2. The molecule has 2 aromatic carbocycles. The number of ether oxygens (including phenoxy) is 1. The van der Waals surface area contributed by atoms with E-state index in [2.05, 4.69) is 26.3 Å². The normalized spacial score (nSPS) is 15.2. The van der Waals surface area contributed by atoms with E-state index >= 15 is 0 Å². The first kappa shape index (κ1) is 21.3. The zero-order valence-corrected chi connectivity index (χ0v) is 18.7. The number of amides is 1. The molecule has 162 valence electrons. The van der Waals surface area contributed by atoms with E-state index in [1.54, 1.807) is 18.2 Å². The summed E-state index contributed by atoms with van der Waals surface area (Å²) < 4.78 is 32.3. The van der Waals surface area contributed by atoms with Crippen LogP contribution in [-0.4, -0.2) is 47.8 Å². The number of carbonyl (C=O) groups excluding carboxylic acids is 2. The number of halogens is 1. The number of aromatic nitrogens is 2. The van der Waals surface area contributed by atoms with Gasteiger partial charge in [0, 0.05) is 11.9 Å². The van der Waals surface area contributed by atoms with Crippen LogP contribution in [0.15, 0.2) is 48.5 Å². The van der Waals surface area contributed by atoms with E-state index in [4.69, 9.17) is 4.74 Å². The fourth-order valence-corrected chi connectivity index (χ4v) is 5.06. The van der Waals surface area contributed by atoms with E-state index < -0.39 is 16.1 Å². The van der Waals surface area contributed by atoms with E-state index in [0.717, 1.165) is 10.2 Å². The Morgan fingerprint density at radius 2 is 1.94 bits per heavy atom. The van der Waals surface area contributed by atoms with Gasteiger partial charge < -0.3 is 10.1 Å². The summed E-state index contributed by atoms with van der Waals surface area (Å²) in [6, 6.07) is 14.0. The number of nitrogens with zero attached hydrogens (tertiary/aromatic N) is 3. The summed E-state index contributed by atoms with van der Waals surface area (Å²) in [5, 5.41) is 7.32. The van der Waals surface area contributed by atoms with Crippen LogP contribution in [0.5, 0.6) is 0 Å². The third kappa shape index (κ3) is 4.42. The lowest BCUT2D eigenvalue weighted by molar-refractivity contribution is -0.113. The minimum absolute atomic E-state index is 0.0417. The average molecular weight is 507 g/mol. The molecule has 0 atom stereocenters. The summed E-state index contributed by atoms with van der Waals surface area (Å²) in [5.41, 5.74) is 1.67. The molecule has 3 aromatic rings. The smallest absolute Gasteiger partial charge is 0.435 e. The lowest BCUT2D eigenvalue weighted by Gasteiger charge is -2.17. The van der Waals surface area contributed by atoms with Gasteiger partial charge in [0.15, 0.2) is 5.82 Å². The molecule has 31 heavy (non-hydrogen) atoms. The molecule has 0 bridgehead atoms. The molecule has 1 saturated heterocycles. The zero-order valence-electron chi connectivity index (χ0n) is 16.3. The molecule has 1 aliphatic rings. The van der Waals surface area contributed by atoms with Gasteiger partial charge in [-0.25, -0.2) is 13.2 Å². The van der Waals surface area contributed by atoms with Crippen molar-refractivity contribution in [1.82, 2.24) is 9.78 Å². The predicted octanol–water partition coefficient (Wildman–Crippen LogP) is 3.09. The first-order valence-corrected chi connectivity index (χ1v) is 12.2. The highest BCUT2D eigenvalue weighted by molar-refractivity contribution is 9.09. The summed E-state index contributed by atoms with van der Waals surface area (Å²) in [6.07, 6.45) is -0.173. The molecule has 1 aromatic heterocycles. The molecule has 1 aliphatic heterocycles. The molecule has 0 radical (unpaired) electrons. The Morgan fingerprint density at radius 3 is 2.61 bits per heavy atom. The molecule has 0 unspecified atom stereocenters. The molecular weight excluding hydrogens is 488 g/mol. The van der Waals surface area contributed by atoms with Crippen molar-refractivity contribution >= 4 is 60.4 Å². The van der Waals surface area contributed by atoms with Crippen LogP contribution in [-0.2, 0) is 26.2 Å². The quantitative estimate of drug-likeness (QED) is 0.532. The van der Waals surface area contributed by atoms with Crippen LogP contribution >= 0.6 is 15.9 Å². The van der Waals surface area contributed by atoms with Gasteiger partial charge in [-0.1, -0.05) is 46.3 Å². The van der Waals surface area contributed by atoms with Crippen molar-refractivity contribution < 1.29 is 22.7 Å². The molecule has 9 nitrogen and oxygen atoms in total.